The molecule has 0 saturated heterocycles. The first kappa shape index (κ1) is 22.6. The summed E-state index contributed by atoms with van der Waals surface area (Å²) >= 11 is 0. The van der Waals surface area contributed by atoms with Crippen molar-refractivity contribution in [2.24, 2.45) is 0 Å². The molecule has 1 amide bonds. The summed E-state index contributed by atoms with van der Waals surface area (Å²) < 4.78 is 8.19. The molecule has 0 atom stereocenters. The molecular weight excluding hydrogens is 410 g/mol. The maximum absolute atomic E-state index is 12.3. The van der Waals surface area contributed by atoms with Gasteiger partial charge in [0.15, 0.2) is 0 Å². The van der Waals surface area contributed by atoms with Gasteiger partial charge < -0.3 is 14.6 Å². The molecule has 4 rings (SSSR count). The fourth-order valence-electron chi connectivity index (χ4n) is 4.01. The van der Waals surface area contributed by atoms with Crippen molar-refractivity contribution in [2.75, 3.05) is 13.2 Å². The molecule has 1 N–H and O–H groups in total. The van der Waals surface area contributed by atoms with Gasteiger partial charge in [-0.25, -0.2) is 4.98 Å². The lowest BCUT2D eigenvalue weighted by atomic mass is 10.1. The number of amides is 1. The Labute approximate surface area is 195 Å². The second kappa shape index (κ2) is 11.3. The molecule has 0 saturated carbocycles. The number of unbranched alkanes of at least 4 members (excludes halogenated alkanes) is 2. The van der Waals surface area contributed by atoms with Gasteiger partial charge in [-0.2, -0.15) is 0 Å². The molecule has 5 nitrogen and oxygen atoms in total. The van der Waals surface area contributed by atoms with Crippen LogP contribution in [-0.4, -0.2) is 28.6 Å². The normalized spacial score (nSPS) is 10.9. The predicted molar refractivity (Wildman–Crippen MR) is 133 cm³/mol. The van der Waals surface area contributed by atoms with Crippen molar-refractivity contribution in [3.63, 3.8) is 0 Å². The monoisotopic (exact) mass is 441 g/mol. The van der Waals surface area contributed by atoms with E-state index in [2.05, 4.69) is 28.1 Å². The third kappa shape index (κ3) is 6.22. The zero-order valence-corrected chi connectivity index (χ0v) is 19.2. The molecule has 0 aliphatic carbocycles. The number of carbonyl (C=O) groups is 1. The Morgan fingerprint density at radius 1 is 0.939 bits per heavy atom. The van der Waals surface area contributed by atoms with Crippen LogP contribution in [0, 0.1) is 6.92 Å². The van der Waals surface area contributed by atoms with E-state index >= 15 is 0 Å². The van der Waals surface area contributed by atoms with Crippen LogP contribution in [-0.2, 0) is 13.0 Å². The summed E-state index contributed by atoms with van der Waals surface area (Å²) in [5.74, 6) is 1.98. The molecule has 3 aromatic carbocycles. The average Bonchev–Trinajstić information content (AvgIpc) is 3.19. The van der Waals surface area contributed by atoms with Gasteiger partial charge in [-0.15, -0.1) is 0 Å². The standard InChI is InChI=1S/C28H31N3O2/c1-22-11-10-12-23(21-22)28(32)29-18-9-3-6-17-27-30-25-15-7-8-16-26(25)31(27)19-20-33-24-13-4-2-5-14-24/h2,4-5,7-8,10-16,21H,3,6,9,17-20H2,1H3,(H,29,32). The van der Waals surface area contributed by atoms with E-state index in [9.17, 15) is 4.79 Å². The van der Waals surface area contributed by atoms with E-state index in [0.717, 1.165) is 66.0 Å². The van der Waals surface area contributed by atoms with Crippen molar-refractivity contribution in [2.45, 2.75) is 39.2 Å². The number of aryl methyl sites for hydroxylation is 2. The molecule has 0 bridgehead atoms. The van der Waals surface area contributed by atoms with Crippen LogP contribution in [0.5, 0.6) is 5.75 Å². The van der Waals surface area contributed by atoms with Gasteiger partial charge in [-0.3, -0.25) is 4.79 Å². The summed E-state index contributed by atoms with van der Waals surface area (Å²) in [5, 5.41) is 3.02. The topological polar surface area (TPSA) is 56.2 Å². The van der Waals surface area contributed by atoms with Gasteiger partial charge in [0, 0.05) is 18.5 Å². The van der Waals surface area contributed by atoms with Crippen molar-refractivity contribution >= 4 is 16.9 Å². The number of nitrogens with zero attached hydrogens (tertiary/aromatic N) is 2. The van der Waals surface area contributed by atoms with E-state index < -0.39 is 0 Å². The Balaban J connectivity index is 1.26. The molecule has 33 heavy (non-hydrogen) atoms. The third-order valence-electron chi connectivity index (χ3n) is 5.70. The molecule has 0 fully saturated rings. The van der Waals surface area contributed by atoms with Crippen LogP contribution in [0.15, 0.2) is 78.9 Å². The fourth-order valence-corrected chi connectivity index (χ4v) is 4.01. The largest absolute Gasteiger partial charge is 0.492 e. The molecular formula is C28H31N3O2. The van der Waals surface area contributed by atoms with E-state index in [1.807, 2.05) is 67.6 Å². The molecule has 0 spiro atoms. The van der Waals surface area contributed by atoms with Gasteiger partial charge in [-0.05, 0) is 56.2 Å². The van der Waals surface area contributed by atoms with Crippen molar-refractivity contribution in [1.82, 2.24) is 14.9 Å². The summed E-state index contributed by atoms with van der Waals surface area (Å²) in [6.45, 7) is 4.05. The van der Waals surface area contributed by atoms with Crippen LogP contribution >= 0.6 is 0 Å². The number of hydrogen-bond donors (Lipinski definition) is 1. The van der Waals surface area contributed by atoms with Crippen molar-refractivity contribution in [3.05, 3.63) is 95.8 Å². The number of benzene rings is 3. The van der Waals surface area contributed by atoms with E-state index in [0.29, 0.717) is 13.2 Å². The van der Waals surface area contributed by atoms with Crippen LogP contribution in [0.4, 0.5) is 0 Å². The SMILES string of the molecule is Cc1cccc(C(=O)NCCCCCc2nc3ccccc3n2CCOc2ccccc2)c1. The second-order valence-corrected chi connectivity index (χ2v) is 8.27. The van der Waals surface area contributed by atoms with Crippen molar-refractivity contribution in [3.8, 4) is 5.75 Å². The van der Waals surface area contributed by atoms with Crippen molar-refractivity contribution in [1.29, 1.82) is 0 Å². The number of ether oxygens (including phenoxy) is 1. The highest BCUT2D eigenvalue weighted by Gasteiger charge is 2.10. The van der Waals surface area contributed by atoms with E-state index in [-0.39, 0.29) is 5.91 Å². The molecule has 5 heteroatoms. The molecule has 0 unspecified atom stereocenters. The lowest BCUT2D eigenvalue weighted by Crippen LogP contribution is -2.24. The number of imidazole rings is 1. The predicted octanol–water partition coefficient (Wildman–Crippen LogP) is 5.57. The van der Waals surface area contributed by atoms with E-state index in [1.54, 1.807) is 0 Å². The molecule has 4 aromatic rings. The summed E-state index contributed by atoms with van der Waals surface area (Å²) in [5.41, 5.74) is 3.99. The Kier molecular flexibility index (Phi) is 7.75. The fraction of sp³-hybridized carbons (Fsp3) is 0.286. The highest BCUT2D eigenvalue weighted by Crippen LogP contribution is 2.18. The number of nitrogens with one attached hydrogen (secondary N) is 1. The zero-order chi connectivity index (χ0) is 22.9. The van der Waals surface area contributed by atoms with Gasteiger partial charge >= 0.3 is 0 Å². The number of carbonyl (C=O) groups excluding carboxylic acids is 1. The number of rotatable bonds is 11. The lowest BCUT2D eigenvalue weighted by molar-refractivity contribution is 0.0953. The Hall–Kier alpha value is -3.60. The maximum Gasteiger partial charge on any atom is 0.251 e. The summed E-state index contributed by atoms with van der Waals surface area (Å²) in [6.07, 6.45) is 3.93. The van der Waals surface area contributed by atoms with E-state index in [1.165, 1.54) is 0 Å². The minimum atomic E-state index is -0.00101. The Morgan fingerprint density at radius 3 is 2.61 bits per heavy atom. The highest BCUT2D eigenvalue weighted by atomic mass is 16.5. The van der Waals surface area contributed by atoms with Crippen LogP contribution < -0.4 is 10.1 Å². The Bertz CT molecular complexity index is 1180. The number of aromatic nitrogens is 2. The molecule has 170 valence electrons. The molecule has 1 aromatic heterocycles. The first-order chi connectivity index (χ1) is 16.2. The van der Waals surface area contributed by atoms with E-state index in [4.69, 9.17) is 9.72 Å². The summed E-state index contributed by atoms with van der Waals surface area (Å²) in [4.78, 5) is 17.1. The first-order valence-electron chi connectivity index (χ1n) is 11.7. The van der Waals surface area contributed by atoms with Gasteiger partial charge in [0.25, 0.3) is 5.91 Å². The average molecular weight is 442 g/mol. The van der Waals surface area contributed by atoms with Gasteiger partial charge in [-0.1, -0.05) is 54.4 Å². The van der Waals surface area contributed by atoms with Crippen LogP contribution in [0.1, 0.15) is 41.0 Å². The maximum atomic E-state index is 12.3. The Morgan fingerprint density at radius 2 is 1.76 bits per heavy atom. The number of hydrogen-bond acceptors (Lipinski definition) is 3. The van der Waals surface area contributed by atoms with Crippen LogP contribution in [0.3, 0.4) is 0 Å². The number of para-hydroxylation sites is 3. The second-order valence-electron chi connectivity index (χ2n) is 8.27. The van der Waals surface area contributed by atoms with Gasteiger partial charge in [0.2, 0.25) is 0 Å². The van der Waals surface area contributed by atoms with Crippen molar-refractivity contribution < 1.29 is 9.53 Å². The molecule has 1 heterocycles. The lowest BCUT2D eigenvalue weighted by Gasteiger charge is -2.11. The van der Waals surface area contributed by atoms with Crippen LogP contribution in [0.2, 0.25) is 0 Å². The minimum absolute atomic E-state index is 0.00101. The summed E-state index contributed by atoms with van der Waals surface area (Å²) in [7, 11) is 0. The van der Waals surface area contributed by atoms with Gasteiger partial charge in [0.1, 0.15) is 18.2 Å². The molecule has 0 aliphatic heterocycles. The minimum Gasteiger partial charge on any atom is -0.492 e. The number of fused-ring (bicyclic) bond motifs is 1. The summed E-state index contributed by atoms with van der Waals surface area (Å²) in [6, 6.07) is 25.9. The highest BCUT2D eigenvalue weighted by molar-refractivity contribution is 5.94. The smallest absolute Gasteiger partial charge is 0.251 e. The quantitative estimate of drug-likeness (QED) is 0.310. The van der Waals surface area contributed by atoms with Crippen LogP contribution in [0.25, 0.3) is 11.0 Å². The molecule has 0 radical (unpaired) electrons. The first-order valence-corrected chi connectivity index (χ1v) is 11.7. The molecule has 0 aliphatic rings. The van der Waals surface area contributed by atoms with Gasteiger partial charge in [0.05, 0.1) is 17.6 Å². The zero-order valence-electron chi connectivity index (χ0n) is 19.2. The third-order valence-corrected chi connectivity index (χ3v) is 5.70.